The topological polar surface area (TPSA) is 73.3 Å². The highest BCUT2D eigenvalue weighted by Gasteiger charge is 2.19. The number of thioether (sulfide) groups is 1. The third-order valence-corrected chi connectivity index (χ3v) is 5.52. The molecule has 0 saturated heterocycles. The molecule has 3 aromatic rings. The van der Waals surface area contributed by atoms with E-state index in [1.54, 1.807) is 30.2 Å². The second kappa shape index (κ2) is 8.68. The van der Waals surface area contributed by atoms with Crippen molar-refractivity contribution in [2.45, 2.75) is 24.3 Å². The monoisotopic (exact) mass is 381 g/mol. The van der Waals surface area contributed by atoms with Gasteiger partial charge >= 0.3 is 0 Å². The van der Waals surface area contributed by atoms with Crippen molar-refractivity contribution in [3.63, 3.8) is 0 Å². The Morgan fingerprint density at radius 2 is 1.81 bits per heavy atom. The number of benzene rings is 2. The average molecular weight is 381 g/mol. The van der Waals surface area contributed by atoms with E-state index in [1.807, 2.05) is 43.3 Å². The fourth-order valence-corrected chi connectivity index (χ4v) is 3.84. The molecule has 0 radical (unpaired) electrons. The highest BCUT2D eigenvalue weighted by atomic mass is 32.2. The molecule has 0 fully saturated rings. The van der Waals surface area contributed by atoms with Crippen LogP contribution in [0.4, 0.5) is 5.69 Å². The lowest BCUT2D eigenvalue weighted by atomic mass is 10.0. The lowest BCUT2D eigenvalue weighted by Gasteiger charge is -2.16. The first-order valence-electron chi connectivity index (χ1n) is 8.51. The number of furan rings is 1. The van der Waals surface area contributed by atoms with Crippen molar-refractivity contribution < 1.29 is 14.1 Å². The maximum absolute atomic E-state index is 12.7. The minimum absolute atomic E-state index is 0.0402. The number of aryl methyl sites for hydroxylation is 1. The van der Waals surface area contributed by atoms with Gasteiger partial charge < -0.3 is 4.42 Å². The summed E-state index contributed by atoms with van der Waals surface area (Å²) in [5, 5.41) is 10.8. The van der Waals surface area contributed by atoms with Crippen molar-refractivity contribution in [2.24, 2.45) is 0 Å². The Labute approximate surface area is 161 Å². The highest BCUT2D eigenvalue weighted by molar-refractivity contribution is 7.98. The molecular formula is C21H19NO4S. The van der Waals surface area contributed by atoms with E-state index in [0.29, 0.717) is 17.7 Å². The molecule has 138 valence electrons. The van der Waals surface area contributed by atoms with Crippen molar-refractivity contribution in [1.82, 2.24) is 0 Å². The van der Waals surface area contributed by atoms with Gasteiger partial charge in [-0.1, -0.05) is 42.0 Å². The van der Waals surface area contributed by atoms with Crippen molar-refractivity contribution in [3.8, 4) is 0 Å². The Morgan fingerprint density at radius 3 is 2.41 bits per heavy atom. The molecule has 3 rings (SSSR count). The third-order valence-electron chi connectivity index (χ3n) is 4.23. The number of ketones is 1. The molecule has 1 unspecified atom stereocenters. The van der Waals surface area contributed by atoms with Gasteiger partial charge in [0.05, 0.1) is 16.9 Å². The summed E-state index contributed by atoms with van der Waals surface area (Å²) in [4.78, 5) is 23.2. The molecule has 0 spiro atoms. The smallest absolute Gasteiger partial charge is 0.269 e. The molecule has 2 aromatic carbocycles. The summed E-state index contributed by atoms with van der Waals surface area (Å²) < 4.78 is 5.38. The van der Waals surface area contributed by atoms with Gasteiger partial charge in [0.1, 0.15) is 5.76 Å². The lowest BCUT2D eigenvalue weighted by Crippen LogP contribution is -2.06. The molecule has 1 aromatic heterocycles. The van der Waals surface area contributed by atoms with E-state index < -0.39 is 4.92 Å². The van der Waals surface area contributed by atoms with E-state index in [0.717, 1.165) is 16.9 Å². The van der Waals surface area contributed by atoms with E-state index in [2.05, 4.69) is 0 Å². The molecule has 5 nitrogen and oxygen atoms in total. The molecule has 0 N–H and O–H groups in total. The Morgan fingerprint density at radius 1 is 1.11 bits per heavy atom. The van der Waals surface area contributed by atoms with Gasteiger partial charge in [-0.25, -0.2) is 0 Å². The molecule has 0 saturated carbocycles. The van der Waals surface area contributed by atoms with Crippen LogP contribution in [0.3, 0.4) is 0 Å². The largest absolute Gasteiger partial charge is 0.468 e. The fourth-order valence-electron chi connectivity index (χ4n) is 2.69. The first-order chi connectivity index (χ1) is 13.0. The first kappa shape index (κ1) is 18.9. The summed E-state index contributed by atoms with van der Waals surface area (Å²) in [6.45, 7) is 1.98. The van der Waals surface area contributed by atoms with Crippen molar-refractivity contribution in [1.29, 1.82) is 0 Å². The predicted octanol–water partition coefficient (Wildman–Crippen LogP) is 5.74. The molecule has 6 heteroatoms. The van der Waals surface area contributed by atoms with E-state index in [-0.39, 0.29) is 16.7 Å². The molecule has 1 heterocycles. The van der Waals surface area contributed by atoms with Crippen LogP contribution in [-0.4, -0.2) is 10.7 Å². The van der Waals surface area contributed by atoms with Gasteiger partial charge in [0.25, 0.3) is 5.69 Å². The molecule has 0 aliphatic rings. The number of carbonyl (C=O) groups excluding carboxylic acids is 1. The maximum Gasteiger partial charge on any atom is 0.269 e. The molecule has 0 bridgehead atoms. The lowest BCUT2D eigenvalue weighted by molar-refractivity contribution is -0.384. The van der Waals surface area contributed by atoms with Crippen molar-refractivity contribution in [2.75, 3.05) is 0 Å². The van der Waals surface area contributed by atoms with Crippen LogP contribution in [0.2, 0.25) is 0 Å². The number of hydrogen-bond donors (Lipinski definition) is 0. The number of Topliss-reactive ketones (excluding diaryl/α,β-unsaturated/α-hetero) is 1. The van der Waals surface area contributed by atoms with Crippen LogP contribution < -0.4 is 0 Å². The summed E-state index contributed by atoms with van der Waals surface area (Å²) in [5.74, 6) is 1.50. The molecule has 1 atom stereocenters. The molecule has 0 aliphatic heterocycles. The number of hydrogen-bond acceptors (Lipinski definition) is 5. The van der Waals surface area contributed by atoms with Crippen LogP contribution >= 0.6 is 11.8 Å². The molecule has 0 amide bonds. The van der Waals surface area contributed by atoms with Gasteiger partial charge in [-0.2, -0.15) is 0 Å². The van der Waals surface area contributed by atoms with E-state index >= 15 is 0 Å². The van der Waals surface area contributed by atoms with Crippen LogP contribution in [-0.2, 0) is 5.75 Å². The summed E-state index contributed by atoms with van der Waals surface area (Å²) in [6, 6.07) is 17.6. The van der Waals surface area contributed by atoms with E-state index in [1.165, 1.54) is 12.1 Å². The van der Waals surface area contributed by atoms with Crippen LogP contribution in [0.25, 0.3) is 0 Å². The van der Waals surface area contributed by atoms with Crippen LogP contribution in [0, 0.1) is 17.0 Å². The highest BCUT2D eigenvalue weighted by Crippen LogP contribution is 2.36. The summed E-state index contributed by atoms with van der Waals surface area (Å²) in [7, 11) is 0. The zero-order chi connectivity index (χ0) is 19.2. The Bertz CT molecular complexity index is 902. The average Bonchev–Trinajstić information content (AvgIpc) is 3.19. The second-order valence-corrected chi connectivity index (χ2v) is 7.41. The van der Waals surface area contributed by atoms with Crippen LogP contribution in [0.1, 0.15) is 38.9 Å². The first-order valence-corrected chi connectivity index (χ1v) is 9.56. The molecular weight excluding hydrogens is 362 g/mol. The van der Waals surface area contributed by atoms with E-state index in [4.69, 9.17) is 4.42 Å². The van der Waals surface area contributed by atoms with E-state index in [9.17, 15) is 14.9 Å². The minimum Gasteiger partial charge on any atom is -0.468 e. The van der Waals surface area contributed by atoms with Gasteiger partial charge in [0.15, 0.2) is 5.78 Å². The zero-order valence-electron chi connectivity index (χ0n) is 14.8. The predicted molar refractivity (Wildman–Crippen MR) is 106 cm³/mol. The second-order valence-electron chi connectivity index (χ2n) is 6.22. The Balaban J connectivity index is 1.78. The van der Waals surface area contributed by atoms with Gasteiger partial charge in [-0.3, -0.25) is 14.9 Å². The number of nitrogens with zero attached hydrogens (tertiary/aromatic N) is 1. The Kier molecular flexibility index (Phi) is 6.08. The zero-order valence-corrected chi connectivity index (χ0v) is 15.6. The number of nitro benzene ring substituents is 1. The molecule has 27 heavy (non-hydrogen) atoms. The van der Waals surface area contributed by atoms with Crippen molar-refractivity contribution in [3.05, 3.63) is 99.5 Å². The van der Waals surface area contributed by atoms with Gasteiger partial charge in [-0.15, -0.1) is 11.8 Å². The van der Waals surface area contributed by atoms with Crippen LogP contribution in [0.15, 0.2) is 71.3 Å². The van der Waals surface area contributed by atoms with Gasteiger partial charge in [-0.05, 0) is 24.6 Å². The fraction of sp³-hybridized carbons (Fsp3) is 0.190. The normalized spacial score (nSPS) is 11.9. The number of nitro groups is 1. The summed E-state index contributed by atoms with van der Waals surface area (Å²) >= 11 is 1.59. The maximum atomic E-state index is 12.7. The number of carbonyl (C=O) groups is 1. The van der Waals surface area contributed by atoms with Crippen molar-refractivity contribution >= 4 is 23.2 Å². The molecule has 0 aliphatic carbocycles. The standard InChI is InChI=1S/C21H19NO4S/c1-15-4-6-16(7-5-15)20(23)13-21(27-14-19-3-2-12-26-19)17-8-10-18(11-9-17)22(24)25/h2-12,21H,13-14H2,1H3. The number of rotatable bonds is 8. The summed E-state index contributed by atoms with van der Waals surface area (Å²) in [6.07, 6.45) is 1.93. The quantitative estimate of drug-likeness (QED) is 0.282. The van der Waals surface area contributed by atoms with Crippen LogP contribution in [0.5, 0.6) is 0 Å². The van der Waals surface area contributed by atoms with Gasteiger partial charge in [0, 0.05) is 29.4 Å². The Hall–Kier alpha value is -2.86. The minimum atomic E-state index is -0.424. The summed E-state index contributed by atoms with van der Waals surface area (Å²) in [5.41, 5.74) is 2.70. The number of non-ortho nitro benzene ring substituents is 1. The third kappa shape index (κ3) is 5.08. The van der Waals surface area contributed by atoms with Gasteiger partial charge in [0.2, 0.25) is 0 Å². The SMILES string of the molecule is Cc1ccc(C(=O)CC(SCc2ccco2)c2ccc([N+](=O)[O-])cc2)cc1.